The summed E-state index contributed by atoms with van der Waals surface area (Å²) in [6.45, 7) is 0. The second-order valence-corrected chi connectivity index (χ2v) is 4.43. The Balaban J connectivity index is 2.93. The Hall–Kier alpha value is -0.820. The van der Waals surface area contributed by atoms with Crippen LogP contribution in [-0.4, -0.2) is 4.98 Å². The van der Waals surface area contributed by atoms with Gasteiger partial charge in [0.15, 0.2) is 0 Å². The monoisotopic (exact) mass is 300 g/mol. The van der Waals surface area contributed by atoms with E-state index >= 15 is 0 Å². The maximum absolute atomic E-state index is 8.79. The first kappa shape index (κ1) is 10.7. The molecule has 0 spiro atoms. The first-order valence-corrected chi connectivity index (χ1v) is 5.52. The zero-order chi connectivity index (χ0) is 11.0. The second kappa shape index (κ2) is 3.97. The average Bonchev–Trinajstić information content (AvgIpc) is 2.24. The lowest BCUT2D eigenvalue weighted by Gasteiger charge is -2.04. The fourth-order valence-electron chi connectivity index (χ4n) is 1.25. The lowest BCUT2D eigenvalue weighted by atomic mass is 10.2. The van der Waals surface area contributed by atoms with Crippen LogP contribution >= 0.6 is 39.1 Å². The van der Waals surface area contributed by atoms with Crippen molar-refractivity contribution in [2.45, 2.75) is 0 Å². The first-order chi connectivity index (χ1) is 7.15. The Morgan fingerprint density at radius 1 is 1.33 bits per heavy atom. The minimum absolute atomic E-state index is 0.360. The Morgan fingerprint density at radius 2 is 2.07 bits per heavy atom. The van der Waals surface area contributed by atoms with Gasteiger partial charge in [-0.3, -0.25) is 4.98 Å². The molecule has 0 radical (unpaired) electrons. The number of fused-ring (bicyclic) bond motifs is 1. The Labute approximate surface area is 105 Å². The predicted molar refractivity (Wildman–Crippen MR) is 64.2 cm³/mol. The van der Waals surface area contributed by atoms with Crippen molar-refractivity contribution in [3.8, 4) is 6.07 Å². The van der Waals surface area contributed by atoms with Gasteiger partial charge >= 0.3 is 0 Å². The molecule has 2 nitrogen and oxygen atoms in total. The highest BCUT2D eigenvalue weighted by Crippen LogP contribution is 2.34. The van der Waals surface area contributed by atoms with Crippen molar-refractivity contribution in [3.63, 3.8) is 0 Å². The van der Waals surface area contributed by atoms with Gasteiger partial charge < -0.3 is 0 Å². The topological polar surface area (TPSA) is 36.7 Å². The molecule has 2 rings (SSSR count). The standard InChI is InChI=1S/C10H3BrCl2N2/c11-8-7(12)2-1-6-9(13)5(3-14)4-15-10(6)8/h1-2,4H. The minimum atomic E-state index is 0.360. The predicted octanol–water partition coefficient (Wildman–Crippen LogP) is 4.18. The molecule has 5 heteroatoms. The van der Waals surface area contributed by atoms with Gasteiger partial charge in [0, 0.05) is 11.6 Å². The Morgan fingerprint density at radius 3 is 2.73 bits per heavy atom. The molecular formula is C10H3BrCl2N2. The fraction of sp³-hybridized carbons (Fsp3) is 0. The number of nitrogens with zero attached hydrogens (tertiary/aromatic N) is 2. The highest BCUT2D eigenvalue weighted by Gasteiger charge is 2.10. The van der Waals surface area contributed by atoms with E-state index in [2.05, 4.69) is 20.9 Å². The zero-order valence-corrected chi connectivity index (χ0v) is 10.4. The van der Waals surface area contributed by atoms with Gasteiger partial charge in [0.1, 0.15) is 6.07 Å². The number of pyridine rings is 1. The van der Waals surface area contributed by atoms with E-state index in [4.69, 9.17) is 28.5 Å². The molecule has 0 aliphatic heterocycles. The Bertz CT molecular complexity index is 590. The van der Waals surface area contributed by atoms with Crippen molar-refractivity contribution in [1.82, 2.24) is 4.98 Å². The molecule has 1 aromatic heterocycles. The fourth-order valence-corrected chi connectivity index (χ4v) is 2.10. The van der Waals surface area contributed by atoms with Gasteiger partial charge in [-0.1, -0.05) is 23.2 Å². The average molecular weight is 302 g/mol. The van der Waals surface area contributed by atoms with Gasteiger partial charge in [-0.05, 0) is 28.1 Å². The van der Waals surface area contributed by atoms with Crippen molar-refractivity contribution >= 4 is 50.0 Å². The summed E-state index contributed by atoms with van der Waals surface area (Å²) >= 11 is 15.3. The van der Waals surface area contributed by atoms with E-state index in [0.29, 0.717) is 31.0 Å². The zero-order valence-electron chi connectivity index (χ0n) is 7.26. The van der Waals surface area contributed by atoms with Crippen molar-refractivity contribution in [1.29, 1.82) is 5.26 Å². The van der Waals surface area contributed by atoms with E-state index in [1.54, 1.807) is 12.1 Å². The molecule has 0 aliphatic rings. The molecule has 0 unspecified atom stereocenters. The van der Waals surface area contributed by atoms with Crippen LogP contribution in [0.5, 0.6) is 0 Å². The summed E-state index contributed by atoms with van der Waals surface area (Å²) < 4.78 is 0.688. The van der Waals surface area contributed by atoms with E-state index in [9.17, 15) is 0 Å². The third-order valence-corrected chi connectivity index (χ3v) is 3.74. The molecule has 0 bridgehead atoms. The summed E-state index contributed by atoms with van der Waals surface area (Å²) in [7, 11) is 0. The largest absolute Gasteiger partial charge is 0.254 e. The highest BCUT2D eigenvalue weighted by molar-refractivity contribution is 9.10. The lowest BCUT2D eigenvalue weighted by Crippen LogP contribution is -1.86. The van der Waals surface area contributed by atoms with Gasteiger partial charge in [-0.15, -0.1) is 0 Å². The third kappa shape index (κ3) is 1.69. The molecule has 1 heterocycles. The van der Waals surface area contributed by atoms with Gasteiger partial charge in [-0.25, -0.2) is 0 Å². The summed E-state index contributed by atoms with van der Waals surface area (Å²) in [5, 5.41) is 10.5. The number of rotatable bonds is 0. The van der Waals surface area contributed by atoms with E-state index in [1.165, 1.54) is 6.20 Å². The molecule has 0 saturated heterocycles. The first-order valence-electron chi connectivity index (χ1n) is 3.97. The molecule has 0 N–H and O–H groups in total. The van der Waals surface area contributed by atoms with Crippen LogP contribution in [0.4, 0.5) is 0 Å². The van der Waals surface area contributed by atoms with Crippen molar-refractivity contribution in [3.05, 3.63) is 38.4 Å². The van der Waals surface area contributed by atoms with Crippen LogP contribution in [0.25, 0.3) is 10.9 Å². The van der Waals surface area contributed by atoms with E-state index < -0.39 is 0 Å². The third-order valence-electron chi connectivity index (χ3n) is 1.99. The maximum Gasteiger partial charge on any atom is 0.102 e. The van der Waals surface area contributed by atoms with Gasteiger partial charge in [0.05, 0.1) is 25.6 Å². The van der Waals surface area contributed by atoms with Crippen LogP contribution in [-0.2, 0) is 0 Å². The molecule has 0 amide bonds. The van der Waals surface area contributed by atoms with Crippen LogP contribution in [0.3, 0.4) is 0 Å². The van der Waals surface area contributed by atoms with Crippen LogP contribution in [0, 0.1) is 11.3 Å². The maximum atomic E-state index is 8.79. The van der Waals surface area contributed by atoms with E-state index in [-0.39, 0.29) is 0 Å². The SMILES string of the molecule is N#Cc1cnc2c(Br)c(Cl)ccc2c1Cl. The number of hydrogen-bond acceptors (Lipinski definition) is 2. The smallest absolute Gasteiger partial charge is 0.102 e. The van der Waals surface area contributed by atoms with Crippen molar-refractivity contribution in [2.75, 3.05) is 0 Å². The minimum Gasteiger partial charge on any atom is -0.254 e. The summed E-state index contributed by atoms with van der Waals surface area (Å²) in [5.41, 5.74) is 1.02. The number of aromatic nitrogens is 1. The van der Waals surface area contributed by atoms with Crippen LogP contribution in [0.1, 0.15) is 5.56 Å². The number of benzene rings is 1. The highest BCUT2D eigenvalue weighted by atomic mass is 79.9. The quantitative estimate of drug-likeness (QED) is 0.732. The normalized spacial score (nSPS) is 10.3. The van der Waals surface area contributed by atoms with Gasteiger partial charge in [0.25, 0.3) is 0 Å². The molecule has 2 aromatic rings. The molecule has 0 fully saturated rings. The lowest BCUT2D eigenvalue weighted by molar-refractivity contribution is 1.36. The van der Waals surface area contributed by atoms with Crippen molar-refractivity contribution in [2.24, 2.45) is 0 Å². The molecular weight excluding hydrogens is 299 g/mol. The van der Waals surface area contributed by atoms with Crippen molar-refractivity contribution < 1.29 is 0 Å². The van der Waals surface area contributed by atoms with Gasteiger partial charge in [0.2, 0.25) is 0 Å². The van der Waals surface area contributed by atoms with Crippen LogP contribution in [0.2, 0.25) is 10.0 Å². The van der Waals surface area contributed by atoms with Crippen LogP contribution in [0.15, 0.2) is 22.8 Å². The molecule has 15 heavy (non-hydrogen) atoms. The summed E-state index contributed by atoms with van der Waals surface area (Å²) in [6, 6.07) is 5.44. The molecule has 0 atom stereocenters. The molecule has 0 aliphatic carbocycles. The summed E-state index contributed by atoms with van der Waals surface area (Å²) in [6.07, 6.45) is 1.44. The van der Waals surface area contributed by atoms with E-state index in [1.807, 2.05) is 6.07 Å². The van der Waals surface area contributed by atoms with Crippen LogP contribution < -0.4 is 0 Å². The number of hydrogen-bond donors (Lipinski definition) is 0. The summed E-state index contributed by atoms with van der Waals surface area (Å²) in [5.74, 6) is 0. The number of halogens is 3. The Kier molecular flexibility index (Phi) is 2.83. The van der Waals surface area contributed by atoms with E-state index in [0.717, 1.165) is 0 Å². The number of nitriles is 1. The summed E-state index contributed by atoms with van der Waals surface area (Å²) in [4.78, 5) is 4.13. The molecule has 74 valence electrons. The molecule has 0 saturated carbocycles. The van der Waals surface area contributed by atoms with Gasteiger partial charge in [-0.2, -0.15) is 5.26 Å². The molecule has 1 aromatic carbocycles. The second-order valence-electron chi connectivity index (χ2n) is 2.86.